The molecule has 3 nitrogen and oxygen atoms in total. The Bertz CT molecular complexity index is 674. The van der Waals surface area contributed by atoms with E-state index in [0.29, 0.717) is 22.3 Å². The Morgan fingerprint density at radius 3 is 2.68 bits per heavy atom. The van der Waals surface area contributed by atoms with Crippen molar-refractivity contribution < 1.29 is 0 Å². The molecule has 1 aliphatic rings. The van der Waals surface area contributed by atoms with E-state index in [2.05, 4.69) is 9.97 Å². The molecule has 1 aromatic heterocycles. The van der Waals surface area contributed by atoms with Gasteiger partial charge in [0.05, 0.1) is 5.69 Å². The van der Waals surface area contributed by atoms with Crippen molar-refractivity contribution in [1.29, 1.82) is 0 Å². The predicted octanol–water partition coefficient (Wildman–Crippen LogP) is 3.16. The van der Waals surface area contributed by atoms with Crippen LogP contribution < -0.4 is 5.56 Å². The second-order valence-electron chi connectivity index (χ2n) is 4.67. The van der Waals surface area contributed by atoms with Gasteiger partial charge in [-0.1, -0.05) is 29.3 Å². The molecule has 3 rings (SSSR count). The van der Waals surface area contributed by atoms with Gasteiger partial charge in [0.1, 0.15) is 5.82 Å². The third-order valence-electron chi connectivity index (χ3n) is 3.40. The molecule has 5 heteroatoms. The lowest BCUT2D eigenvalue weighted by atomic mass is 10.1. The molecule has 0 aliphatic heterocycles. The number of halogens is 2. The fourth-order valence-electron chi connectivity index (χ4n) is 2.45. The van der Waals surface area contributed by atoms with Crippen molar-refractivity contribution in [2.45, 2.75) is 25.7 Å². The molecule has 98 valence electrons. The average Bonchev–Trinajstić information content (AvgIpc) is 2.83. The summed E-state index contributed by atoms with van der Waals surface area (Å²) >= 11 is 12.3. The van der Waals surface area contributed by atoms with Gasteiger partial charge in [-0.2, -0.15) is 0 Å². The number of rotatable bonds is 2. The SMILES string of the molecule is O=c1[nH]c(Cc2c(Cl)cccc2Cl)nc2c1CCC2. The largest absolute Gasteiger partial charge is 0.310 e. The van der Waals surface area contributed by atoms with E-state index in [1.165, 1.54) is 0 Å². The number of nitrogens with zero attached hydrogens (tertiary/aromatic N) is 1. The zero-order valence-corrected chi connectivity index (χ0v) is 11.7. The Labute approximate surface area is 120 Å². The average molecular weight is 295 g/mol. The zero-order valence-electron chi connectivity index (χ0n) is 10.2. The highest BCUT2D eigenvalue weighted by molar-refractivity contribution is 6.36. The first-order chi connectivity index (χ1) is 9.15. The summed E-state index contributed by atoms with van der Waals surface area (Å²) in [6.07, 6.45) is 3.15. The highest BCUT2D eigenvalue weighted by Crippen LogP contribution is 2.26. The quantitative estimate of drug-likeness (QED) is 0.925. The minimum absolute atomic E-state index is 0.0272. The summed E-state index contributed by atoms with van der Waals surface area (Å²) in [6.45, 7) is 0. The van der Waals surface area contributed by atoms with E-state index in [1.54, 1.807) is 18.2 Å². The number of H-pyrrole nitrogens is 1. The first-order valence-corrected chi connectivity index (χ1v) is 6.94. The van der Waals surface area contributed by atoms with Gasteiger partial charge < -0.3 is 4.98 Å². The lowest BCUT2D eigenvalue weighted by Gasteiger charge is -2.07. The van der Waals surface area contributed by atoms with Gasteiger partial charge in [0.25, 0.3) is 5.56 Å². The summed E-state index contributed by atoms with van der Waals surface area (Å²) in [4.78, 5) is 19.3. The molecule has 0 spiro atoms. The minimum atomic E-state index is -0.0272. The van der Waals surface area contributed by atoms with E-state index in [0.717, 1.165) is 36.1 Å². The second-order valence-corrected chi connectivity index (χ2v) is 5.48. The predicted molar refractivity (Wildman–Crippen MR) is 76.2 cm³/mol. The smallest absolute Gasteiger partial charge is 0.254 e. The summed E-state index contributed by atoms with van der Waals surface area (Å²) in [5.41, 5.74) is 2.52. The molecule has 0 fully saturated rings. The summed E-state index contributed by atoms with van der Waals surface area (Å²) in [7, 11) is 0. The fourth-order valence-corrected chi connectivity index (χ4v) is 2.98. The Hall–Kier alpha value is -1.32. The van der Waals surface area contributed by atoms with Crippen molar-refractivity contribution >= 4 is 23.2 Å². The monoisotopic (exact) mass is 294 g/mol. The van der Waals surface area contributed by atoms with Crippen LogP contribution in [0.25, 0.3) is 0 Å². The highest BCUT2D eigenvalue weighted by atomic mass is 35.5. The van der Waals surface area contributed by atoms with Crippen LogP contribution in [0.2, 0.25) is 10.0 Å². The van der Waals surface area contributed by atoms with Gasteiger partial charge >= 0.3 is 0 Å². The van der Waals surface area contributed by atoms with Crippen LogP contribution in [0, 0.1) is 0 Å². The van der Waals surface area contributed by atoms with E-state index in [4.69, 9.17) is 23.2 Å². The van der Waals surface area contributed by atoms with E-state index < -0.39 is 0 Å². The standard InChI is InChI=1S/C14H12Cl2N2O/c15-10-4-2-5-11(16)9(10)7-13-17-12-6-1-3-8(12)14(19)18-13/h2,4-5H,1,3,6-7H2,(H,17,18,19). The summed E-state index contributed by atoms with van der Waals surface area (Å²) in [5.74, 6) is 0.626. The van der Waals surface area contributed by atoms with Gasteiger partial charge in [0.2, 0.25) is 0 Å². The van der Waals surface area contributed by atoms with Crippen LogP contribution in [-0.4, -0.2) is 9.97 Å². The molecule has 0 atom stereocenters. The first-order valence-electron chi connectivity index (χ1n) is 6.19. The second kappa shape index (κ2) is 4.99. The molecular formula is C14H12Cl2N2O. The van der Waals surface area contributed by atoms with E-state index in [-0.39, 0.29) is 5.56 Å². The van der Waals surface area contributed by atoms with E-state index in [9.17, 15) is 4.79 Å². The number of nitrogens with one attached hydrogen (secondary N) is 1. The number of hydrogen-bond acceptors (Lipinski definition) is 2. The molecule has 1 N–H and O–H groups in total. The third kappa shape index (κ3) is 2.40. The van der Waals surface area contributed by atoms with E-state index >= 15 is 0 Å². The summed E-state index contributed by atoms with van der Waals surface area (Å²) < 4.78 is 0. The lowest BCUT2D eigenvalue weighted by Crippen LogP contribution is -2.17. The number of aromatic nitrogens is 2. The Morgan fingerprint density at radius 2 is 1.95 bits per heavy atom. The van der Waals surface area contributed by atoms with Gasteiger partial charge in [-0.25, -0.2) is 4.98 Å². The molecule has 0 saturated heterocycles. The van der Waals surface area contributed by atoms with Gasteiger partial charge in [-0.3, -0.25) is 4.79 Å². The maximum atomic E-state index is 11.9. The summed E-state index contributed by atoms with van der Waals surface area (Å²) in [5, 5.41) is 1.19. The Morgan fingerprint density at radius 1 is 1.21 bits per heavy atom. The fraction of sp³-hybridized carbons (Fsp3) is 0.286. The number of hydrogen-bond donors (Lipinski definition) is 1. The van der Waals surface area contributed by atoms with Crippen LogP contribution in [-0.2, 0) is 19.3 Å². The number of benzene rings is 1. The van der Waals surface area contributed by atoms with Crippen LogP contribution in [0.4, 0.5) is 0 Å². The number of fused-ring (bicyclic) bond motifs is 1. The van der Waals surface area contributed by atoms with Crippen molar-refractivity contribution in [3.05, 3.63) is 61.2 Å². The molecule has 0 saturated carbocycles. The molecule has 2 aromatic rings. The molecule has 0 amide bonds. The maximum Gasteiger partial charge on any atom is 0.254 e. The molecule has 0 radical (unpaired) electrons. The van der Waals surface area contributed by atoms with Crippen molar-refractivity contribution in [2.75, 3.05) is 0 Å². The van der Waals surface area contributed by atoms with Crippen molar-refractivity contribution in [3.63, 3.8) is 0 Å². The molecule has 1 aliphatic carbocycles. The lowest BCUT2D eigenvalue weighted by molar-refractivity contribution is 0.883. The molecule has 19 heavy (non-hydrogen) atoms. The van der Waals surface area contributed by atoms with Crippen LogP contribution in [0.1, 0.15) is 29.1 Å². The molecular weight excluding hydrogens is 283 g/mol. The van der Waals surface area contributed by atoms with Crippen LogP contribution >= 0.6 is 23.2 Å². The third-order valence-corrected chi connectivity index (χ3v) is 4.10. The maximum absolute atomic E-state index is 11.9. The van der Waals surface area contributed by atoms with Gasteiger partial charge in [-0.15, -0.1) is 0 Å². The van der Waals surface area contributed by atoms with Gasteiger partial charge in [-0.05, 0) is 37.0 Å². The molecule has 1 heterocycles. The molecule has 1 aromatic carbocycles. The summed E-state index contributed by atoms with van der Waals surface area (Å²) in [6, 6.07) is 5.37. The van der Waals surface area contributed by atoms with Gasteiger partial charge in [0, 0.05) is 22.0 Å². The van der Waals surface area contributed by atoms with Crippen molar-refractivity contribution in [1.82, 2.24) is 9.97 Å². The van der Waals surface area contributed by atoms with Crippen LogP contribution in [0.5, 0.6) is 0 Å². The Balaban J connectivity index is 2.01. The first kappa shape index (κ1) is 12.7. The topological polar surface area (TPSA) is 45.8 Å². The van der Waals surface area contributed by atoms with E-state index in [1.807, 2.05) is 0 Å². The van der Waals surface area contributed by atoms with Crippen LogP contribution in [0.3, 0.4) is 0 Å². The minimum Gasteiger partial charge on any atom is -0.310 e. The molecule has 0 unspecified atom stereocenters. The molecule has 0 bridgehead atoms. The number of aryl methyl sites for hydroxylation is 1. The highest BCUT2D eigenvalue weighted by Gasteiger charge is 2.18. The van der Waals surface area contributed by atoms with Gasteiger partial charge in [0.15, 0.2) is 0 Å². The van der Waals surface area contributed by atoms with Crippen LogP contribution in [0.15, 0.2) is 23.0 Å². The zero-order chi connectivity index (χ0) is 13.4. The van der Waals surface area contributed by atoms with Crippen molar-refractivity contribution in [3.8, 4) is 0 Å². The normalized spacial score (nSPS) is 13.6. The number of aromatic amines is 1. The van der Waals surface area contributed by atoms with Crippen molar-refractivity contribution in [2.24, 2.45) is 0 Å². The Kier molecular flexibility index (Phi) is 3.33.